The Kier molecular flexibility index (Phi) is 13.4. The van der Waals surface area contributed by atoms with Crippen molar-refractivity contribution in [1.29, 1.82) is 0 Å². The fourth-order valence-electron chi connectivity index (χ4n) is 1.74. The highest BCUT2D eigenvalue weighted by atomic mass is 16.6. The van der Waals surface area contributed by atoms with Gasteiger partial charge in [-0.1, -0.05) is 59.3 Å². The van der Waals surface area contributed by atoms with Gasteiger partial charge in [-0.15, -0.1) is 0 Å². The van der Waals surface area contributed by atoms with E-state index in [0.29, 0.717) is 25.6 Å². The fraction of sp³-hybridized carbons (Fsp3) is 0.938. The molecule has 114 valence electrons. The van der Waals surface area contributed by atoms with E-state index in [2.05, 4.69) is 20.8 Å². The van der Waals surface area contributed by atoms with E-state index in [1.54, 1.807) is 0 Å². The summed E-state index contributed by atoms with van der Waals surface area (Å²) in [5, 5.41) is 0. The van der Waals surface area contributed by atoms with Crippen molar-refractivity contribution >= 4 is 5.97 Å². The molecule has 1 atom stereocenters. The smallest absolute Gasteiger partial charge is 0.305 e. The van der Waals surface area contributed by atoms with Crippen LogP contribution in [0.25, 0.3) is 0 Å². The Morgan fingerprint density at radius 1 is 1.00 bits per heavy atom. The lowest BCUT2D eigenvalue weighted by Gasteiger charge is -2.09. The number of hydrogen-bond donors (Lipinski definition) is 0. The largest absolute Gasteiger partial charge is 0.463 e. The van der Waals surface area contributed by atoms with Crippen LogP contribution in [0.4, 0.5) is 0 Å². The van der Waals surface area contributed by atoms with Crippen LogP contribution in [-0.2, 0) is 14.3 Å². The second-order valence-electron chi connectivity index (χ2n) is 5.33. The van der Waals surface area contributed by atoms with E-state index in [1.807, 2.05) is 0 Å². The van der Waals surface area contributed by atoms with Crippen LogP contribution < -0.4 is 0 Å². The molecule has 0 aliphatic rings. The molecule has 0 spiro atoms. The first-order valence-electron chi connectivity index (χ1n) is 7.94. The van der Waals surface area contributed by atoms with Gasteiger partial charge in [-0.2, -0.15) is 0 Å². The Bertz CT molecular complexity index is 204. The topological polar surface area (TPSA) is 35.5 Å². The summed E-state index contributed by atoms with van der Waals surface area (Å²) in [6.45, 7) is 8.18. The quantitative estimate of drug-likeness (QED) is 0.369. The summed E-state index contributed by atoms with van der Waals surface area (Å²) in [5.74, 6) is 0.501. The molecule has 0 aromatic rings. The van der Waals surface area contributed by atoms with E-state index in [1.165, 1.54) is 25.7 Å². The maximum atomic E-state index is 11.4. The lowest BCUT2D eigenvalue weighted by Crippen LogP contribution is -2.13. The monoisotopic (exact) mass is 272 g/mol. The van der Waals surface area contributed by atoms with Gasteiger partial charge < -0.3 is 9.47 Å². The number of unbranched alkanes of at least 4 members (excludes halogenated alkanes) is 5. The minimum Gasteiger partial charge on any atom is -0.463 e. The van der Waals surface area contributed by atoms with Gasteiger partial charge in [-0.3, -0.25) is 4.79 Å². The second kappa shape index (κ2) is 13.9. The van der Waals surface area contributed by atoms with Crippen LogP contribution in [0.2, 0.25) is 0 Å². The Balaban J connectivity index is 3.21. The third-order valence-corrected chi connectivity index (χ3v) is 3.32. The van der Waals surface area contributed by atoms with Gasteiger partial charge in [0.25, 0.3) is 0 Å². The van der Waals surface area contributed by atoms with Gasteiger partial charge in [0.05, 0.1) is 6.61 Å². The van der Waals surface area contributed by atoms with Crippen LogP contribution in [0.5, 0.6) is 0 Å². The summed E-state index contributed by atoms with van der Waals surface area (Å²) in [6, 6.07) is 0. The van der Waals surface area contributed by atoms with Crippen molar-refractivity contribution < 1.29 is 14.3 Å². The van der Waals surface area contributed by atoms with Crippen molar-refractivity contribution in [2.45, 2.75) is 72.1 Å². The molecule has 0 fully saturated rings. The number of rotatable bonds is 13. The lowest BCUT2D eigenvalue weighted by atomic mass is 10.1. The maximum Gasteiger partial charge on any atom is 0.305 e. The summed E-state index contributed by atoms with van der Waals surface area (Å²) in [5.41, 5.74) is 0. The second-order valence-corrected chi connectivity index (χ2v) is 5.33. The molecule has 0 aromatic heterocycles. The van der Waals surface area contributed by atoms with Gasteiger partial charge in [-0.25, -0.2) is 0 Å². The first-order chi connectivity index (χ1) is 9.20. The van der Waals surface area contributed by atoms with Gasteiger partial charge in [0.2, 0.25) is 0 Å². The number of hydrogen-bond acceptors (Lipinski definition) is 3. The summed E-state index contributed by atoms with van der Waals surface area (Å²) in [7, 11) is 0. The average Bonchev–Trinajstić information content (AvgIpc) is 2.42. The van der Waals surface area contributed by atoms with E-state index in [-0.39, 0.29) is 5.97 Å². The summed E-state index contributed by atoms with van der Waals surface area (Å²) in [4.78, 5) is 11.4. The third kappa shape index (κ3) is 13.7. The van der Waals surface area contributed by atoms with E-state index in [0.717, 1.165) is 25.9 Å². The van der Waals surface area contributed by atoms with E-state index < -0.39 is 0 Å². The standard InChI is InChI=1S/C16H32O3/c1-4-6-7-8-9-10-11-16(17)19-13-12-18-14-15(3)5-2/h15H,4-14H2,1-3H3. The molecule has 0 aliphatic carbocycles. The molecule has 0 saturated heterocycles. The van der Waals surface area contributed by atoms with E-state index >= 15 is 0 Å². The summed E-state index contributed by atoms with van der Waals surface area (Å²) >= 11 is 0. The zero-order valence-electron chi connectivity index (χ0n) is 13.1. The molecule has 0 aromatic carbocycles. The molecular formula is C16H32O3. The molecule has 0 bridgehead atoms. The molecule has 0 aliphatic heterocycles. The predicted molar refractivity (Wildman–Crippen MR) is 79.2 cm³/mol. The van der Waals surface area contributed by atoms with Gasteiger partial charge >= 0.3 is 5.97 Å². The molecule has 19 heavy (non-hydrogen) atoms. The molecule has 0 rings (SSSR count). The first kappa shape index (κ1) is 18.4. The van der Waals surface area contributed by atoms with Gasteiger partial charge in [0.15, 0.2) is 0 Å². The normalized spacial score (nSPS) is 12.4. The third-order valence-electron chi connectivity index (χ3n) is 3.32. The van der Waals surface area contributed by atoms with E-state index in [4.69, 9.17) is 9.47 Å². The SMILES string of the molecule is CCCCCCCCC(=O)OCCOCC(C)CC. The van der Waals surface area contributed by atoms with Crippen LogP contribution >= 0.6 is 0 Å². The number of carbonyl (C=O) groups is 1. The molecule has 0 N–H and O–H groups in total. The summed E-state index contributed by atoms with van der Waals surface area (Å²) < 4.78 is 10.6. The van der Waals surface area contributed by atoms with Crippen molar-refractivity contribution in [2.75, 3.05) is 19.8 Å². The highest BCUT2D eigenvalue weighted by Crippen LogP contribution is 2.07. The van der Waals surface area contributed by atoms with Crippen molar-refractivity contribution in [3.63, 3.8) is 0 Å². The molecule has 0 saturated carbocycles. The zero-order valence-corrected chi connectivity index (χ0v) is 13.1. The summed E-state index contributed by atoms with van der Waals surface area (Å²) in [6.07, 6.45) is 8.86. The van der Waals surface area contributed by atoms with Gasteiger partial charge in [0.1, 0.15) is 6.61 Å². The fourth-order valence-corrected chi connectivity index (χ4v) is 1.74. The Morgan fingerprint density at radius 3 is 2.37 bits per heavy atom. The molecule has 0 radical (unpaired) electrons. The predicted octanol–water partition coefficient (Wildman–Crippen LogP) is 4.34. The Labute approximate surface area is 119 Å². The van der Waals surface area contributed by atoms with Crippen LogP contribution in [0, 0.1) is 5.92 Å². The molecule has 0 amide bonds. The maximum absolute atomic E-state index is 11.4. The van der Waals surface area contributed by atoms with E-state index in [9.17, 15) is 4.79 Å². The van der Waals surface area contributed by atoms with Gasteiger partial charge in [-0.05, 0) is 12.3 Å². The van der Waals surface area contributed by atoms with Crippen LogP contribution in [0.1, 0.15) is 72.1 Å². The number of ether oxygens (including phenoxy) is 2. The number of esters is 1. The van der Waals surface area contributed by atoms with Crippen molar-refractivity contribution in [1.82, 2.24) is 0 Å². The Morgan fingerprint density at radius 2 is 1.68 bits per heavy atom. The minimum atomic E-state index is -0.0809. The molecular weight excluding hydrogens is 240 g/mol. The highest BCUT2D eigenvalue weighted by molar-refractivity contribution is 5.69. The van der Waals surface area contributed by atoms with Crippen molar-refractivity contribution in [3.05, 3.63) is 0 Å². The minimum absolute atomic E-state index is 0.0809. The van der Waals surface area contributed by atoms with Crippen LogP contribution in [0.3, 0.4) is 0 Å². The Hall–Kier alpha value is -0.570. The molecule has 0 heterocycles. The van der Waals surface area contributed by atoms with Crippen molar-refractivity contribution in [3.8, 4) is 0 Å². The average molecular weight is 272 g/mol. The number of carbonyl (C=O) groups excluding carboxylic acids is 1. The van der Waals surface area contributed by atoms with Crippen LogP contribution in [-0.4, -0.2) is 25.8 Å². The highest BCUT2D eigenvalue weighted by Gasteiger charge is 2.03. The van der Waals surface area contributed by atoms with Crippen LogP contribution in [0.15, 0.2) is 0 Å². The van der Waals surface area contributed by atoms with Crippen molar-refractivity contribution in [2.24, 2.45) is 5.92 Å². The lowest BCUT2D eigenvalue weighted by molar-refractivity contribution is -0.145. The zero-order chi connectivity index (χ0) is 14.3. The molecule has 3 nitrogen and oxygen atoms in total. The first-order valence-corrected chi connectivity index (χ1v) is 7.94. The van der Waals surface area contributed by atoms with Gasteiger partial charge in [0, 0.05) is 13.0 Å². The molecule has 1 unspecified atom stereocenters. The molecule has 3 heteroatoms.